The van der Waals surface area contributed by atoms with Crippen molar-refractivity contribution in [3.63, 3.8) is 0 Å². The molecule has 3 rings (SSSR count). The van der Waals surface area contributed by atoms with Crippen molar-refractivity contribution in [3.05, 3.63) is 76.3 Å². The molecule has 1 aromatic heterocycles. The van der Waals surface area contributed by atoms with Crippen LogP contribution < -0.4 is 5.56 Å². The minimum atomic E-state index is -0.351. The molecule has 6 heteroatoms. The second kappa shape index (κ2) is 12.5. The van der Waals surface area contributed by atoms with E-state index in [1.165, 1.54) is 0 Å². The normalized spacial score (nSPS) is 13.1. The number of benzene rings is 2. The van der Waals surface area contributed by atoms with Crippen molar-refractivity contribution in [1.29, 1.82) is 0 Å². The molecule has 0 aliphatic heterocycles. The number of nitrogens with zero attached hydrogens (tertiary/aromatic N) is 3. The quantitative estimate of drug-likeness (QED) is 0.341. The third kappa shape index (κ3) is 5.73. The number of ether oxygens (including phenoxy) is 1. The maximum Gasteiger partial charge on any atom is 0.261 e. The Kier molecular flexibility index (Phi) is 9.40. The molecule has 0 spiro atoms. The van der Waals surface area contributed by atoms with Crippen LogP contribution in [-0.2, 0) is 16.1 Å². The molecule has 0 bridgehead atoms. The molecular weight excluding hydrogens is 426 g/mol. The molecular formula is C28H37N3O3. The smallest absolute Gasteiger partial charge is 0.261 e. The molecule has 0 N–H and O–H groups in total. The Hall–Kier alpha value is -2.99. The van der Waals surface area contributed by atoms with E-state index in [2.05, 4.69) is 6.92 Å². The van der Waals surface area contributed by atoms with Gasteiger partial charge in [-0.05, 0) is 37.5 Å². The molecule has 34 heavy (non-hydrogen) atoms. The Morgan fingerprint density at radius 1 is 1.06 bits per heavy atom. The van der Waals surface area contributed by atoms with Crippen molar-refractivity contribution >= 4 is 16.8 Å². The number of methoxy groups -OCH3 is 1. The van der Waals surface area contributed by atoms with Gasteiger partial charge in [-0.3, -0.25) is 14.2 Å². The predicted octanol–water partition coefficient (Wildman–Crippen LogP) is 5.32. The first-order chi connectivity index (χ1) is 16.5. The summed E-state index contributed by atoms with van der Waals surface area (Å²) in [5.41, 5.74) is 1.57. The second-order valence-corrected chi connectivity index (χ2v) is 8.72. The number of hydrogen-bond donors (Lipinski definition) is 0. The van der Waals surface area contributed by atoms with Gasteiger partial charge in [-0.2, -0.15) is 0 Å². The van der Waals surface area contributed by atoms with E-state index in [4.69, 9.17) is 9.72 Å². The maximum absolute atomic E-state index is 13.9. The van der Waals surface area contributed by atoms with Crippen LogP contribution in [0, 0.1) is 0 Å². The largest absolute Gasteiger partial charge is 0.383 e. The van der Waals surface area contributed by atoms with Crippen LogP contribution in [0.25, 0.3) is 10.9 Å². The van der Waals surface area contributed by atoms with Crippen LogP contribution in [0.4, 0.5) is 0 Å². The van der Waals surface area contributed by atoms with Gasteiger partial charge in [0, 0.05) is 13.7 Å². The lowest BCUT2D eigenvalue weighted by Gasteiger charge is -2.33. The van der Waals surface area contributed by atoms with Gasteiger partial charge in [0.1, 0.15) is 5.82 Å². The van der Waals surface area contributed by atoms with Crippen LogP contribution in [0.3, 0.4) is 0 Å². The fourth-order valence-corrected chi connectivity index (χ4v) is 4.51. The van der Waals surface area contributed by atoms with Crippen molar-refractivity contribution < 1.29 is 9.53 Å². The molecule has 2 aromatic carbocycles. The van der Waals surface area contributed by atoms with E-state index < -0.39 is 0 Å². The molecule has 3 aromatic rings. The van der Waals surface area contributed by atoms with Crippen molar-refractivity contribution in [2.45, 2.75) is 65.0 Å². The number of carbonyl (C=O) groups excluding carboxylic acids is 1. The van der Waals surface area contributed by atoms with Gasteiger partial charge in [-0.15, -0.1) is 0 Å². The Morgan fingerprint density at radius 3 is 2.44 bits per heavy atom. The highest BCUT2D eigenvalue weighted by atomic mass is 16.5. The molecule has 0 fully saturated rings. The van der Waals surface area contributed by atoms with Gasteiger partial charge in [-0.25, -0.2) is 4.98 Å². The van der Waals surface area contributed by atoms with Gasteiger partial charge in [0.25, 0.3) is 5.56 Å². The van der Waals surface area contributed by atoms with Gasteiger partial charge in [-0.1, -0.05) is 69.2 Å². The van der Waals surface area contributed by atoms with E-state index in [-0.39, 0.29) is 23.4 Å². The second-order valence-electron chi connectivity index (χ2n) is 8.72. The van der Waals surface area contributed by atoms with Crippen molar-refractivity contribution in [2.24, 2.45) is 0 Å². The topological polar surface area (TPSA) is 64.4 Å². The number of para-hydroxylation sites is 1. The summed E-state index contributed by atoms with van der Waals surface area (Å²) in [4.78, 5) is 34.2. The van der Waals surface area contributed by atoms with Crippen LogP contribution in [-0.4, -0.2) is 40.6 Å². The maximum atomic E-state index is 13.9. The van der Waals surface area contributed by atoms with Gasteiger partial charge in [0.15, 0.2) is 0 Å². The summed E-state index contributed by atoms with van der Waals surface area (Å²) in [5, 5.41) is 0.578. The number of amides is 1. The van der Waals surface area contributed by atoms with Crippen molar-refractivity contribution in [1.82, 2.24) is 14.5 Å². The average Bonchev–Trinajstić information content (AvgIpc) is 2.86. The summed E-state index contributed by atoms with van der Waals surface area (Å²) >= 11 is 0. The molecule has 1 amide bonds. The van der Waals surface area contributed by atoms with Gasteiger partial charge in [0.05, 0.1) is 36.0 Å². The molecule has 0 saturated heterocycles. The van der Waals surface area contributed by atoms with E-state index in [9.17, 15) is 9.59 Å². The highest BCUT2D eigenvalue weighted by molar-refractivity contribution is 5.84. The highest BCUT2D eigenvalue weighted by Gasteiger charge is 2.30. The molecule has 6 nitrogen and oxygen atoms in total. The zero-order valence-corrected chi connectivity index (χ0v) is 20.9. The Balaban J connectivity index is 2.07. The monoisotopic (exact) mass is 463 g/mol. The Morgan fingerprint density at radius 2 is 1.76 bits per heavy atom. The lowest BCUT2D eigenvalue weighted by Crippen LogP contribution is -2.41. The number of fused-ring (bicyclic) bond motifs is 1. The molecule has 0 radical (unpaired) electrons. The summed E-state index contributed by atoms with van der Waals surface area (Å²) in [6, 6.07) is 17.0. The van der Waals surface area contributed by atoms with Crippen LogP contribution >= 0.6 is 0 Å². The predicted molar refractivity (Wildman–Crippen MR) is 137 cm³/mol. The summed E-state index contributed by atoms with van der Waals surface area (Å²) < 4.78 is 6.96. The van der Waals surface area contributed by atoms with Gasteiger partial charge in [0.2, 0.25) is 5.91 Å². The molecule has 2 atom stereocenters. The standard InChI is InChI=1S/C28H37N3O3/c1-5-7-13-18-30(27(32)23(6-2)22-14-9-8-10-15-22)21(3)26-29-25-17-12-11-16-24(25)28(33)31(26)19-20-34-4/h8-12,14-17,21,23H,5-7,13,18-20H2,1-4H3. The number of carbonyl (C=O) groups is 1. The van der Waals surface area contributed by atoms with Crippen molar-refractivity contribution in [3.8, 4) is 0 Å². The zero-order valence-electron chi connectivity index (χ0n) is 20.9. The molecule has 182 valence electrons. The number of rotatable bonds is 12. The fraction of sp³-hybridized carbons (Fsp3) is 0.464. The van der Waals surface area contributed by atoms with E-state index in [1.807, 2.05) is 67.3 Å². The summed E-state index contributed by atoms with van der Waals surface area (Å²) in [5.74, 6) is 0.455. The first-order valence-corrected chi connectivity index (χ1v) is 12.4. The van der Waals surface area contributed by atoms with E-state index in [0.29, 0.717) is 42.8 Å². The van der Waals surface area contributed by atoms with Crippen LogP contribution in [0.2, 0.25) is 0 Å². The Labute approximate surface area is 202 Å². The molecule has 0 aliphatic carbocycles. The minimum Gasteiger partial charge on any atom is -0.383 e. The lowest BCUT2D eigenvalue weighted by molar-refractivity contribution is -0.135. The summed E-state index contributed by atoms with van der Waals surface area (Å²) in [6.45, 7) is 7.60. The van der Waals surface area contributed by atoms with Gasteiger partial charge < -0.3 is 9.64 Å². The fourth-order valence-electron chi connectivity index (χ4n) is 4.51. The van der Waals surface area contributed by atoms with Crippen LogP contribution in [0.5, 0.6) is 0 Å². The summed E-state index contributed by atoms with van der Waals surface area (Å²) in [6.07, 6.45) is 3.73. The lowest BCUT2D eigenvalue weighted by atomic mass is 9.94. The molecule has 0 aliphatic rings. The molecule has 2 unspecified atom stereocenters. The average molecular weight is 464 g/mol. The van der Waals surface area contributed by atoms with Crippen LogP contribution in [0.1, 0.15) is 69.8 Å². The summed E-state index contributed by atoms with van der Waals surface area (Å²) in [7, 11) is 1.62. The van der Waals surface area contributed by atoms with Crippen molar-refractivity contribution in [2.75, 3.05) is 20.3 Å². The number of aromatic nitrogens is 2. The van der Waals surface area contributed by atoms with Crippen LogP contribution in [0.15, 0.2) is 59.4 Å². The van der Waals surface area contributed by atoms with E-state index >= 15 is 0 Å². The minimum absolute atomic E-state index is 0.0815. The molecule has 1 heterocycles. The zero-order chi connectivity index (χ0) is 24.5. The number of unbranched alkanes of at least 4 members (excludes halogenated alkanes) is 2. The van der Waals surface area contributed by atoms with E-state index in [1.54, 1.807) is 17.7 Å². The number of hydrogen-bond acceptors (Lipinski definition) is 4. The Bertz CT molecular complexity index is 1130. The van der Waals surface area contributed by atoms with Gasteiger partial charge >= 0.3 is 0 Å². The SMILES string of the molecule is CCCCCN(C(=O)C(CC)c1ccccc1)C(C)c1nc2ccccc2c(=O)n1CCOC. The third-order valence-corrected chi connectivity index (χ3v) is 6.45. The first-order valence-electron chi connectivity index (χ1n) is 12.4. The first kappa shape index (κ1) is 25.6. The van der Waals surface area contributed by atoms with E-state index in [0.717, 1.165) is 24.8 Å². The molecule has 0 saturated carbocycles. The highest BCUT2D eigenvalue weighted by Crippen LogP contribution is 2.28. The third-order valence-electron chi connectivity index (χ3n) is 6.45.